The third kappa shape index (κ3) is 2.47. The predicted octanol–water partition coefficient (Wildman–Crippen LogP) is 2.92. The maximum Gasteiger partial charge on any atom is 0.141 e. The first kappa shape index (κ1) is 12.6. The summed E-state index contributed by atoms with van der Waals surface area (Å²) in [4.78, 5) is 3.78. The summed E-state index contributed by atoms with van der Waals surface area (Å²) < 4.78 is 18.6. The number of hydrogen-bond donors (Lipinski definition) is 1. The van der Waals surface area contributed by atoms with Crippen molar-refractivity contribution in [2.75, 3.05) is 0 Å². The van der Waals surface area contributed by atoms with Gasteiger partial charge in [-0.15, -0.1) is 0 Å². The number of hydrogen-bond acceptors (Lipinski definition) is 4. The maximum atomic E-state index is 13.0. The summed E-state index contributed by atoms with van der Waals surface area (Å²) in [5.74, 6) is 0.344. The molecule has 0 radical (unpaired) electrons. The van der Waals surface area contributed by atoms with E-state index in [9.17, 15) is 4.39 Å². The molecule has 2 aromatic rings. The molecule has 1 aliphatic carbocycles. The molecule has 0 saturated heterocycles. The fraction of sp³-hybridized carbons (Fsp3) is 0.200. The summed E-state index contributed by atoms with van der Waals surface area (Å²) in [5, 5.41) is 12.2. The molecule has 1 aliphatic rings. The molecule has 20 heavy (non-hydrogen) atoms. The van der Waals surface area contributed by atoms with Gasteiger partial charge in [0.25, 0.3) is 0 Å². The standard InChI is InChI=1S/C15H13FN2O2/c16-12-5-10(7-17-8-12)9-20-13-2-3-14-11(6-13)1-4-15(14)18-19/h2-3,5-8,19H,1,4,9H2/b18-15-. The lowest BCUT2D eigenvalue weighted by Gasteiger charge is -2.08. The summed E-state index contributed by atoms with van der Waals surface area (Å²) >= 11 is 0. The van der Waals surface area contributed by atoms with E-state index in [0.717, 1.165) is 30.2 Å². The number of pyridine rings is 1. The Bertz CT molecular complexity index is 671. The molecule has 0 fully saturated rings. The van der Waals surface area contributed by atoms with Crippen molar-refractivity contribution >= 4 is 5.71 Å². The fourth-order valence-electron chi connectivity index (χ4n) is 2.34. The van der Waals surface area contributed by atoms with Gasteiger partial charge in [0, 0.05) is 17.3 Å². The van der Waals surface area contributed by atoms with Crippen molar-refractivity contribution in [1.82, 2.24) is 4.98 Å². The van der Waals surface area contributed by atoms with Gasteiger partial charge in [0.1, 0.15) is 18.2 Å². The highest BCUT2D eigenvalue weighted by molar-refractivity contribution is 6.04. The number of nitrogens with zero attached hydrogens (tertiary/aromatic N) is 2. The van der Waals surface area contributed by atoms with Crippen LogP contribution in [0.25, 0.3) is 0 Å². The summed E-state index contributed by atoms with van der Waals surface area (Å²) in [6.07, 6.45) is 4.32. The van der Waals surface area contributed by atoms with Crippen LogP contribution in [0.4, 0.5) is 4.39 Å². The summed E-state index contributed by atoms with van der Waals surface area (Å²) in [5.41, 5.74) is 3.46. The first-order valence-corrected chi connectivity index (χ1v) is 6.33. The molecule has 0 amide bonds. The van der Waals surface area contributed by atoms with Crippen LogP contribution in [0, 0.1) is 5.82 Å². The topological polar surface area (TPSA) is 54.7 Å². The van der Waals surface area contributed by atoms with Crippen molar-refractivity contribution in [1.29, 1.82) is 0 Å². The van der Waals surface area contributed by atoms with Gasteiger partial charge in [-0.1, -0.05) is 5.16 Å². The number of benzene rings is 1. The second kappa shape index (κ2) is 5.28. The molecule has 0 atom stereocenters. The molecule has 1 aromatic heterocycles. The normalized spacial score (nSPS) is 15.3. The van der Waals surface area contributed by atoms with Crippen LogP contribution in [0.3, 0.4) is 0 Å². The van der Waals surface area contributed by atoms with Gasteiger partial charge in [-0.3, -0.25) is 4.98 Å². The molecule has 0 spiro atoms. The minimum atomic E-state index is -0.371. The van der Waals surface area contributed by atoms with Crippen molar-refractivity contribution in [3.05, 3.63) is 59.2 Å². The van der Waals surface area contributed by atoms with Crippen LogP contribution in [-0.4, -0.2) is 15.9 Å². The molecule has 1 aromatic carbocycles. The summed E-state index contributed by atoms with van der Waals surface area (Å²) in [6, 6.07) is 7.04. The van der Waals surface area contributed by atoms with E-state index in [2.05, 4.69) is 10.1 Å². The van der Waals surface area contributed by atoms with E-state index in [1.807, 2.05) is 18.2 Å². The third-order valence-electron chi connectivity index (χ3n) is 3.31. The van der Waals surface area contributed by atoms with Gasteiger partial charge in [0.05, 0.1) is 11.9 Å². The highest BCUT2D eigenvalue weighted by Crippen LogP contribution is 2.27. The highest BCUT2D eigenvalue weighted by atomic mass is 19.1. The van der Waals surface area contributed by atoms with E-state index in [4.69, 9.17) is 9.94 Å². The number of oxime groups is 1. The highest BCUT2D eigenvalue weighted by Gasteiger charge is 2.18. The Hall–Kier alpha value is -2.43. The van der Waals surface area contributed by atoms with Crippen molar-refractivity contribution in [2.24, 2.45) is 5.16 Å². The van der Waals surface area contributed by atoms with Crippen molar-refractivity contribution in [2.45, 2.75) is 19.4 Å². The average Bonchev–Trinajstić information content (AvgIpc) is 2.87. The average molecular weight is 272 g/mol. The monoisotopic (exact) mass is 272 g/mol. The molecule has 0 bridgehead atoms. The second-order valence-electron chi connectivity index (χ2n) is 4.67. The van der Waals surface area contributed by atoms with Crippen LogP contribution in [0.15, 0.2) is 41.8 Å². The molecule has 3 rings (SSSR count). The first-order chi connectivity index (χ1) is 9.76. The molecule has 1 heterocycles. The van der Waals surface area contributed by atoms with Gasteiger partial charge in [-0.05, 0) is 42.7 Å². The second-order valence-corrected chi connectivity index (χ2v) is 4.67. The molecule has 102 valence electrons. The van der Waals surface area contributed by atoms with E-state index >= 15 is 0 Å². The van der Waals surface area contributed by atoms with Gasteiger partial charge < -0.3 is 9.94 Å². The molecule has 5 heteroatoms. The van der Waals surface area contributed by atoms with Crippen LogP contribution in [0.2, 0.25) is 0 Å². The Labute approximate surface area is 115 Å². The predicted molar refractivity (Wildman–Crippen MR) is 71.6 cm³/mol. The Kier molecular flexibility index (Phi) is 3.33. The van der Waals surface area contributed by atoms with Crippen LogP contribution >= 0.6 is 0 Å². The summed E-state index contributed by atoms with van der Waals surface area (Å²) in [6.45, 7) is 0.268. The number of aromatic nitrogens is 1. The third-order valence-corrected chi connectivity index (χ3v) is 3.31. The number of halogens is 1. The molecule has 4 nitrogen and oxygen atoms in total. The van der Waals surface area contributed by atoms with Crippen molar-refractivity contribution < 1.29 is 14.3 Å². The molecular formula is C15H13FN2O2. The smallest absolute Gasteiger partial charge is 0.141 e. The number of ether oxygens (including phenoxy) is 1. The maximum absolute atomic E-state index is 13.0. The van der Waals surface area contributed by atoms with E-state index < -0.39 is 0 Å². The Morgan fingerprint density at radius 1 is 1.25 bits per heavy atom. The number of fused-ring (bicyclic) bond motifs is 1. The Balaban J connectivity index is 1.73. The fourth-order valence-corrected chi connectivity index (χ4v) is 2.34. The van der Waals surface area contributed by atoms with E-state index in [-0.39, 0.29) is 12.4 Å². The zero-order valence-electron chi connectivity index (χ0n) is 10.7. The van der Waals surface area contributed by atoms with Crippen LogP contribution < -0.4 is 4.74 Å². The van der Waals surface area contributed by atoms with Gasteiger partial charge >= 0.3 is 0 Å². The molecule has 1 N–H and O–H groups in total. The Morgan fingerprint density at radius 3 is 2.95 bits per heavy atom. The molecular weight excluding hydrogens is 259 g/mol. The minimum absolute atomic E-state index is 0.268. The Morgan fingerprint density at radius 2 is 2.15 bits per heavy atom. The van der Waals surface area contributed by atoms with E-state index in [1.165, 1.54) is 6.07 Å². The lowest BCUT2D eigenvalue weighted by molar-refractivity contribution is 0.304. The zero-order valence-corrected chi connectivity index (χ0v) is 10.7. The van der Waals surface area contributed by atoms with Crippen LogP contribution in [0.1, 0.15) is 23.1 Å². The van der Waals surface area contributed by atoms with Gasteiger partial charge in [-0.2, -0.15) is 0 Å². The molecule has 0 unspecified atom stereocenters. The van der Waals surface area contributed by atoms with Crippen LogP contribution in [-0.2, 0) is 13.0 Å². The van der Waals surface area contributed by atoms with Crippen LogP contribution in [0.5, 0.6) is 5.75 Å². The quantitative estimate of drug-likeness (QED) is 0.690. The first-order valence-electron chi connectivity index (χ1n) is 6.33. The van der Waals surface area contributed by atoms with E-state index in [1.54, 1.807) is 6.20 Å². The van der Waals surface area contributed by atoms with E-state index in [0.29, 0.717) is 17.0 Å². The molecule has 0 saturated carbocycles. The molecule has 0 aliphatic heterocycles. The van der Waals surface area contributed by atoms with Gasteiger partial charge in [-0.25, -0.2) is 4.39 Å². The van der Waals surface area contributed by atoms with Gasteiger partial charge in [0.15, 0.2) is 0 Å². The lowest BCUT2D eigenvalue weighted by atomic mass is 10.1. The zero-order chi connectivity index (χ0) is 13.9. The summed E-state index contributed by atoms with van der Waals surface area (Å²) in [7, 11) is 0. The lowest BCUT2D eigenvalue weighted by Crippen LogP contribution is -1.98. The largest absolute Gasteiger partial charge is 0.489 e. The van der Waals surface area contributed by atoms with Crippen molar-refractivity contribution in [3.63, 3.8) is 0 Å². The van der Waals surface area contributed by atoms with Gasteiger partial charge in [0.2, 0.25) is 0 Å². The SMILES string of the molecule is O/N=C1/CCc2cc(OCc3cncc(F)c3)ccc21. The number of aryl methyl sites for hydroxylation is 1. The minimum Gasteiger partial charge on any atom is -0.489 e. The number of rotatable bonds is 3. The van der Waals surface area contributed by atoms with Crippen molar-refractivity contribution in [3.8, 4) is 5.75 Å².